The van der Waals surface area contributed by atoms with E-state index in [-0.39, 0.29) is 12.5 Å². The number of nitrogens with zero attached hydrogens (tertiary/aromatic N) is 4. The summed E-state index contributed by atoms with van der Waals surface area (Å²) in [7, 11) is 0. The van der Waals surface area contributed by atoms with Crippen LogP contribution in [0.3, 0.4) is 0 Å². The number of rotatable bonds is 5. The molecule has 1 amide bonds. The van der Waals surface area contributed by atoms with Crippen LogP contribution in [0.25, 0.3) is 5.69 Å². The van der Waals surface area contributed by atoms with Gasteiger partial charge in [-0.15, -0.1) is 0 Å². The van der Waals surface area contributed by atoms with Crippen molar-refractivity contribution in [1.82, 2.24) is 19.7 Å². The van der Waals surface area contributed by atoms with Gasteiger partial charge in [0.15, 0.2) is 5.82 Å². The van der Waals surface area contributed by atoms with E-state index in [1.807, 2.05) is 22.9 Å². The van der Waals surface area contributed by atoms with E-state index in [1.165, 1.54) is 25.7 Å². The summed E-state index contributed by atoms with van der Waals surface area (Å²) in [4.78, 5) is 18.5. The van der Waals surface area contributed by atoms with Gasteiger partial charge in [0, 0.05) is 0 Å². The van der Waals surface area contributed by atoms with Crippen LogP contribution in [0, 0.1) is 6.92 Å². The lowest BCUT2D eigenvalue weighted by molar-refractivity contribution is -0.117. The van der Waals surface area contributed by atoms with E-state index in [1.54, 1.807) is 0 Å². The first-order valence-electron chi connectivity index (χ1n) is 9.10. The summed E-state index contributed by atoms with van der Waals surface area (Å²) in [5.74, 6) is 0.968. The highest BCUT2D eigenvalue weighted by Gasteiger charge is 2.24. The number of carbonyl (C=O) groups is 1. The van der Waals surface area contributed by atoms with Crippen molar-refractivity contribution in [2.75, 3.05) is 13.1 Å². The molecule has 2 N–H and O–H groups in total. The van der Waals surface area contributed by atoms with Gasteiger partial charge in [-0.3, -0.25) is 9.69 Å². The number of nitrogens with two attached hydrogens (primary N) is 1. The van der Waals surface area contributed by atoms with Gasteiger partial charge in [-0.05, 0) is 51.4 Å². The molecule has 2 heterocycles. The monoisotopic (exact) mass is 341 g/mol. The minimum Gasteiger partial charge on any atom is -0.369 e. The maximum absolute atomic E-state index is 11.3. The third-order valence-corrected chi connectivity index (χ3v) is 4.91. The minimum absolute atomic E-state index is 0.0681. The summed E-state index contributed by atoms with van der Waals surface area (Å²) < 4.78 is 1.89. The minimum atomic E-state index is -0.407. The standard InChI is InChI=1S/C19H27N5O/c1-14-9-5-6-10-16(14)24-19(21-18(22-24)13-17(20)25)15(2)23-11-7-3-4-8-12-23/h5-6,9-10,15H,3-4,7-8,11-13H2,1-2H3,(H2,20,25). The van der Waals surface area contributed by atoms with Gasteiger partial charge in [0.2, 0.25) is 5.91 Å². The number of amides is 1. The molecule has 134 valence electrons. The Balaban J connectivity index is 1.99. The highest BCUT2D eigenvalue weighted by Crippen LogP contribution is 2.25. The average Bonchev–Trinajstić information content (AvgIpc) is 2.80. The summed E-state index contributed by atoms with van der Waals surface area (Å²) in [5, 5.41) is 4.60. The highest BCUT2D eigenvalue weighted by molar-refractivity contribution is 5.75. The van der Waals surface area contributed by atoms with Crippen molar-refractivity contribution in [3.63, 3.8) is 0 Å². The van der Waals surface area contributed by atoms with Crippen molar-refractivity contribution in [3.05, 3.63) is 41.5 Å². The van der Waals surface area contributed by atoms with E-state index in [2.05, 4.69) is 34.9 Å². The fourth-order valence-electron chi connectivity index (χ4n) is 3.49. The van der Waals surface area contributed by atoms with E-state index >= 15 is 0 Å². The molecule has 1 atom stereocenters. The molecule has 0 saturated carbocycles. The normalized spacial score (nSPS) is 17.2. The Morgan fingerprint density at radius 2 is 1.88 bits per heavy atom. The molecule has 1 saturated heterocycles. The number of aryl methyl sites for hydroxylation is 1. The Hall–Kier alpha value is -2.21. The van der Waals surface area contributed by atoms with Crippen molar-refractivity contribution in [2.24, 2.45) is 5.73 Å². The van der Waals surface area contributed by atoms with E-state index in [9.17, 15) is 4.79 Å². The van der Waals surface area contributed by atoms with Crippen molar-refractivity contribution in [1.29, 1.82) is 0 Å². The van der Waals surface area contributed by atoms with Crippen LogP contribution in [-0.2, 0) is 11.2 Å². The van der Waals surface area contributed by atoms with Crippen LogP contribution in [0.15, 0.2) is 24.3 Å². The van der Waals surface area contributed by atoms with Gasteiger partial charge in [-0.2, -0.15) is 5.10 Å². The van der Waals surface area contributed by atoms with Crippen LogP contribution in [0.4, 0.5) is 0 Å². The van der Waals surface area contributed by atoms with E-state index < -0.39 is 5.91 Å². The number of carbonyl (C=O) groups excluding carboxylic acids is 1. The third-order valence-electron chi connectivity index (χ3n) is 4.91. The Labute approximate surface area is 149 Å². The summed E-state index contributed by atoms with van der Waals surface area (Å²) in [6.07, 6.45) is 5.09. The zero-order chi connectivity index (χ0) is 17.8. The zero-order valence-electron chi connectivity index (χ0n) is 15.1. The second-order valence-electron chi connectivity index (χ2n) is 6.85. The first-order valence-corrected chi connectivity index (χ1v) is 9.10. The van der Waals surface area contributed by atoms with Crippen LogP contribution in [0.5, 0.6) is 0 Å². The lowest BCUT2D eigenvalue weighted by atomic mass is 10.2. The number of para-hydroxylation sites is 1. The van der Waals surface area contributed by atoms with Gasteiger partial charge in [-0.25, -0.2) is 9.67 Å². The predicted molar refractivity (Wildman–Crippen MR) is 97.5 cm³/mol. The fourth-order valence-corrected chi connectivity index (χ4v) is 3.49. The molecule has 6 heteroatoms. The van der Waals surface area contributed by atoms with Gasteiger partial charge in [-0.1, -0.05) is 31.0 Å². The van der Waals surface area contributed by atoms with E-state index in [0.29, 0.717) is 5.82 Å². The molecule has 1 aliphatic rings. The van der Waals surface area contributed by atoms with Crippen LogP contribution in [-0.4, -0.2) is 38.7 Å². The van der Waals surface area contributed by atoms with Gasteiger partial charge >= 0.3 is 0 Å². The topological polar surface area (TPSA) is 77.0 Å². The molecular weight excluding hydrogens is 314 g/mol. The summed E-state index contributed by atoms with van der Waals surface area (Å²) in [5.41, 5.74) is 7.48. The Morgan fingerprint density at radius 1 is 1.20 bits per heavy atom. The smallest absolute Gasteiger partial charge is 0.225 e. The Morgan fingerprint density at radius 3 is 2.52 bits per heavy atom. The van der Waals surface area contributed by atoms with Crippen molar-refractivity contribution >= 4 is 5.91 Å². The lowest BCUT2D eigenvalue weighted by Gasteiger charge is -2.27. The molecule has 1 unspecified atom stereocenters. The molecule has 1 fully saturated rings. The van der Waals surface area contributed by atoms with Crippen molar-refractivity contribution in [3.8, 4) is 5.69 Å². The molecule has 6 nitrogen and oxygen atoms in total. The van der Waals surface area contributed by atoms with Gasteiger partial charge in [0.25, 0.3) is 0 Å². The molecule has 25 heavy (non-hydrogen) atoms. The second-order valence-corrected chi connectivity index (χ2v) is 6.85. The molecule has 0 aliphatic carbocycles. The largest absolute Gasteiger partial charge is 0.369 e. The number of likely N-dealkylation sites (tertiary alicyclic amines) is 1. The lowest BCUT2D eigenvalue weighted by Crippen LogP contribution is -2.30. The second kappa shape index (κ2) is 7.78. The Kier molecular flexibility index (Phi) is 5.48. The van der Waals surface area contributed by atoms with Crippen molar-refractivity contribution < 1.29 is 4.79 Å². The third kappa shape index (κ3) is 4.07. The zero-order valence-corrected chi connectivity index (χ0v) is 15.1. The number of hydrogen-bond donors (Lipinski definition) is 1. The first kappa shape index (κ1) is 17.6. The SMILES string of the molecule is Cc1ccccc1-n1nc(CC(N)=O)nc1C(C)N1CCCCCC1. The van der Waals surface area contributed by atoms with Crippen LogP contribution in [0.2, 0.25) is 0 Å². The summed E-state index contributed by atoms with van der Waals surface area (Å²) in [6, 6.07) is 8.25. The predicted octanol–water partition coefficient (Wildman–Crippen LogP) is 2.54. The van der Waals surface area contributed by atoms with Crippen LogP contribution >= 0.6 is 0 Å². The van der Waals surface area contributed by atoms with Crippen LogP contribution < -0.4 is 5.73 Å². The number of aromatic nitrogens is 3. The molecule has 0 spiro atoms. The molecule has 0 bridgehead atoms. The quantitative estimate of drug-likeness (QED) is 0.906. The van der Waals surface area contributed by atoms with Gasteiger partial charge in [0.05, 0.1) is 18.2 Å². The van der Waals surface area contributed by atoms with Crippen molar-refractivity contribution in [2.45, 2.75) is 52.0 Å². The average molecular weight is 341 g/mol. The van der Waals surface area contributed by atoms with Gasteiger partial charge in [0.1, 0.15) is 5.82 Å². The number of hydrogen-bond acceptors (Lipinski definition) is 4. The fraction of sp³-hybridized carbons (Fsp3) is 0.526. The first-order chi connectivity index (χ1) is 12.1. The number of benzene rings is 1. The van der Waals surface area contributed by atoms with Gasteiger partial charge < -0.3 is 5.73 Å². The molecule has 1 aromatic carbocycles. The molecule has 1 aliphatic heterocycles. The summed E-state index contributed by atoms with van der Waals surface area (Å²) in [6.45, 7) is 6.39. The molecule has 3 rings (SSSR count). The van der Waals surface area contributed by atoms with E-state index in [0.717, 1.165) is 30.2 Å². The molecule has 2 aromatic rings. The highest BCUT2D eigenvalue weighted by atomic mass is 16.1. The molecule has 0 radical (unpaired) electrons. The molecule has 1 aromatic heterocycles. The summed E-state index contributed by atoms with van der Waals surface area (Å²) >= 11 is 0. The number of primary amides is 1. The molecular formula is C19H27N5O. The maximum Gasteiger partial charge on any atom is 0.225 e. The Bertz CT molecular complexity index is 731. The van der Waals surface area contributed by atoms with E-state index in [4.69, 9.17) is 5.73 Å². The van der Waals surface area contributed by atoms with Crippen LogP contribution in [0.1, 0.15) is 55.9 Å². The maximum atomic E-state index is 11.3.